The van der Waals surface area contributed by atoms with Gasteiger partial charge >= 0.3 is 0 Å². The molecule has 1 aromatic carbocycles. The highest BCUT2D eigenvalue weighted by molar-refractivity contribution is 7.92. The molecule has 0 saturated heterocycles. The third kappa shape index (κ3) is 4.03. The molecule has 10 nitrogen and oxygen atoms in total. The van der Waals surface area contributed by atoms with E-state index in [-0.39, 0.29) is 27.8 Å². The third-order valence-electron chi connectivity index (χ3n) is 4.51. The number of methoxy groups -OCH3 is 1. The van der Waals surface area contributed by atoms with E-state index in [2.05, 4.69) is 15.0 Å². The van der Waals surface area contributed by atoms with Gasteiger partial charge in [0.25, 0.3) is 15.9 Å². The number of hydrogen-bond acceptors (Lipinski definition) is 7. The number of primary amides is 1. The van der Waals surface area contributed by atoms with Gasteiger partial charge in [-0.1, -0.05) is 11.6 Å². The minimum atomic E-state index is -4.43. The zero-order valence-corrected chi connectivity index (χ0v) is 18.2. The van der Waals surface area contributed by atoms with Crippen LogP contribution < -0.4 is 15.2 Å². The zero-order valence-electron chi connectivity index (χ0n) is 16.6. The number of fused-ring (bicyclic) bond motifs is 1. The highest BCUT2D eigenvalue weighted by Gasteiger charge is 2.25. The standard InChI is InChI=1S/C19H13ClF2N6O4S/c1-32-19-14(4-9(20)5-25-19)33(30,31)27-11-3-2-10(21)15(16(11)22)12-7-28-8-26-17(18(23)29)13(28)6-24-12/h2-8,27H,1H3,(H2,23,29). The van der Waals surface area contributed by atoms with Gasteiger partial charge in [-0.2, -0.15) is 0 Å². The van der Waals surface area contributed by atoms with Crippen LogP contribution in [-0.4, -0.2) is 40.8 Å². The number of benzene rings is 1. The first-order valence-electron chi connectivity index (χ1n) is 8.95. The van der Waals surface area contributed by atoms with Crippen LogP contribution in [0.2, 0.25) is 5.02 Å². The Balaban J connectivity index is 1.79. The van der Waals surface area contributed by atoms with Crippen LogP contribution in [-0.2, 0) is 10.0 Å². The highest BCUT2D eigenvalue weighted by Crippen LogP contribution is 2.32. The van der Waals surface area contributed by atoms with Crippen LogP contribution in [0.5, 0.6) is 5.88 Å². The molecule has 0 aliphatic rings. The average Bonchev–Trinajstić information content (AvgIpc) is 3.19. The molecule has 0 aliphatic heterocycles. The van der Waals surface area contributed by atoms with Crippen LogP contribution in [0.3, 0.4) is 0 Å². The van der Waals surface area contributed by atoms with E-state index < -0.39 is 43.7 Å². The van der Waals surface area contributed by atoms with E-state index in [1.54, 1.807) is 0 Å². The molecule has 0 bridgehead atoms. The molecule has 3 N–H and O–H groups in total. The number of imidazole rings is 1. The van der Waals surface area contributed by atoms with E-state index in [9.17, 15) is 17.6 Å². The number of sulfonamides is 1. The lowest BCUT2D eigenvalue weighted by molar-refractivity contribution is 0.0997. The molecule has 1 amide bonds. The Morgan fingerprint density at radius 1 is 1.21 bits per heavy atom. The van der Waals surface area contributed by atoms with E-state index in [4.69, 9.17) is 22.1 Å². The number of nitrogens with zero attached hydrogens (tertiary/aromatic N) is 4. The van der Waals surface area contributed by atoms with E-state index in [1.807, 2.05) is 4.72 Å². The topological polar surface area (TPSA) is 142 Å². The molecular weight excluding hydrogens is 482 g/mol. The van der Waals surface area contributed by atoms with Crippen LogP contribution in [0.4, 0.5) is 14.5 Å². The smallest absolute Gasteiger partial charge is 0.269 e. The van der Waals surface area contributed by atoms with Gasteiger partial charge in [-0.25, -0.2) is 27.2 Å². The van der Waals surface area contributed by atoms with E-state index in [0.717, 1.165) is 18.2 Å². The van der Waals surface area contributed by atoms with Crippen molar-refractivity contribution in [3.63, 3.8) is 0 Å². The van der Waals surface area contributed by atoms with Crippen molar-refractivity contribution in [1.82, 2.24) is 19.4 Å². The number of hydrogen-bond donors (Lipinski definition) is 2. The summed E-state index contributed by atoms with van der Waals surface area (Å²) in [6, 6.07) is 2.86. The van der Waals surface area contributed by atoms with Gasteiger partial charge in [0.05, 0.1) is 40.8 Å². The minimum absolute atomic E-state index is 0.00427. The number of amides is 1. The van der Waals surface area contributed by atoms with Gasteiger partial charge in [-0.05, 0) is 18.2 Å². The first-order chi connectivity index (χ1) is 15.6. The van der Waals surface area contributed by atoms with Gasteiger partial charge in [0, 0.05) is 12.4 Å². The van der Waals surface area contributed by atoms with Crippen molar-refractivity contribution < 1.29 is 26.7 Å². The van der Waals surface area contributed by atoms with Gasteiger partial charge in [0.15, 0.2) is 16.4 Å². The van der Waals surface area contributed by atoms with Crippen molar-refractivity contribution >= 4 is 38.7 Å². The van der Waals surface area contributed by atoms with Crippen LogP contribution >= 0.6 is 11.6 Å². The second-order valence-electron chi connectivity index (χ2n) is 6.57. The van der Waals surface area contributed by atoms with Crippen molar-refractivity contribution in [2.75, 3.05) is 11.8 Å². The molecule has 0 radical (unpaired) electrons. The summed E-state index contributed by atoms with van der Waals surface area (Å²) >= 11 is 5.83. The van der Waals surface area contributed by atoms with Gasteiger partial charge < -0.3 is 14.9 Å². The molecule has 0 spiro atoms. The Bertz CT molecular complexity index is 1530. The first-order valence-corrected chi connectivity index (χ1v) is 10.8. The fourth-order valence-corrected chi connectivity index (χ4v) is 4.46. The lowest BCUT2D eigenvalue weighted by Crippen LogP contribution is -2.16. The van der Waals surface area contributed by atoms with Gasteiger partial charge in [-0.15, -0.1) is 0 Å². The Labute approximate surface area is 190 Å². The maximum Gasteiger partial charge on any atom is 0.269 e. The number of carbonyl (C=O) groups excluding carboxylic acids is 1. The molecule has 170 valence electrons. The van der Waals surface area contributed by atoms with Crippen molar-refractivity contribution in [3.05, 3.63) is 65.5 Å². The second kappa shape index (κ2) is 8.26. The number of nitrogens with two attached hydrogens (primary N) is 1. The normalized spacial score (nSPS) is 11.5. The van der Waals surface area contributed by atoms with Crippen LogP contribution in [0, 0.1) is 11.6 Å². The molecule has 4 aromatic rings. The molecule has 0 saturated carbocycles. The van der Waals surface area contributed by atoms with E-state index in [0.29, 0.717) is 0 Å². The summed E-state index contributed by atoms with van der Waals surface area (Å²) in [5.41, 5.74) is 4.03. The summed E-state index contributed by atoms with van der Waals surface area (Å²) in [5, 5.41) is 0.00427. The van der Waals surface area contributed by atoms with Gasteiger partial charge in [-0.3, -0.25) is 14.5 Å². The largest absolute Gasteiger partial charge is 0.480 e. The minimum Gasteiger partial charge on any atom is -0.480 e. The van der Waals surface area contributed by atoms with Crippen molar-refractivity contribution in [3.8, 4) is 17.1 Å². The molecule has 0 atom stereocenters. The molecule has 3 aromatic heterocycles. The number of pyridine rings is 1. The number of ether oxygens (including phenoxy) is 1. The fourth-order valence-electron chi connectivity index (χ4n) is 3.04. The molecule has 14 heteroatoms. The molecular formula is C19H13ClF2N6O4S. The third-order valence-corrected chi connectivity index (χ3v) is 6.08. The predicted molar refractivity (Wildman–Crippen MR) is 113 cm³/mol. The number of rotatable bonds is 6. The average molecular weight is 495 g/mol. The number of aromatic nitrogens is 4. The maximum absolute atomic E-state index is 15.3. The van der Waals surface area contributed by atoms with Gasteiger partial charge in [0.1, 0.15) is 12.1 Å². The lowest BCUT2D eigenvalue weighted by Gasteiger charge is -2.14. The lowest BCUT2D eigenvalue weighted by atomic mass is 10.1. The van der Waals surface area contributed by atoms with Gasteiger partial charge in [0.2, 0.25) is 5.88 Å². The van der Waals surface area contributed by atoms with Crippen LogP contribution in [0.15, 0.2) is 48.0 Å². The molecule has 4 rings (SSSR count). The zero-order chi connectivity index (χ0) is 23.9. The van der Waals surface area contributed by atoms with Crippen molar-refractivity contribution in [1.29, 1.82) is 0 Å². The fraction of sp³-hybridized carbons (Fsp3) is 0.0526. The highest BCUT2D eigenvalue weighted by atomic mass is 35.5. The Kier molecular flexibility index (Phi) is 5.59. The summed E-state index contributed by atoms with van der Waals surface area (Å²) in [6.45, 7) is 0. The van der Waals surface area contributed by atoms with Crippen LogP contribution in [0.25, 0.3) is 16.8 Å². The summed E-state index contributed by atoms with van der Waals surface area (Å²) < 4.78 is 63.8. The van der Waals surface area contributed by atoms with Crippen LogP contribution in [0.1, 0.15) is 10.5 Å². The number of carbonyl (C=O) groups is 1. The van der Waals surface area contributed by atoms with E-state index >= 15 is 4.39 Å². The van der Waals surface area contributed by atoms with Crippen molar-refractivity contribution in [2.45, 2.75) is 4.90 Å². The number of halogens is 3. The molecule has 33 heavy (non-hydrogen) atoms. The molecule has 0 unspecified atom stereocenters. The summed E-state index contributed by atoms with van der Waals surface area (Å²) in [6.07, 6.45) is 4.79. The second-order valence-corrected chi connectivity index (χ2v) is 8.66. The summed E-state index contributed by atoms with van der Waals surface area (Å²) in [7, 11) is -3.22. The summed E-state index contributed by atoms with van der Waals surface area (Å²) in [5.74, 6) is -3.30. The summed E-state index contributed by atoms with van der Waals surface area (Å²) in [4.78, 5) is 22.6. The Morgan fingerprint density at radius 2 is 1.97 bits per heavy atom. The monoisotopic (exact) mass is 494 g/mol. The molecule has 0 fully saturated rings. The van der Waals surface area contributed by atoms with E-state index in [1.165, 1.54) is 36.4 Å². The molecule has 0 aliphatic carbocycles. The maximum atomic E-state index is 15.3. The predicted octanol–water partition coefficient (Wildman–Crippen LogP) is 2.63. The first kappa shape index (κ1) is 22.4. The molecule has 3 heterocycles. The Morgan fingerprint density at radius 3 is 2.67 bits per heavy atom. The Hall–Kier alpha value is -3.84. The van der Waals surface area contributed by atoms with Crippen molar-refractivity contribution in [2.24, 2.45) is 5.73 Å². The quantitative estimate of drug-likeness (QED) is 0.419. The SMILES string of the molecule is COc1ncc(Cl)cc1S(=O)(=O)Nc1ccc(F)c(-c2cn3cnc(C(N)=O)c3cn2)c1F. The number of anilines is 1. The number of nitrogens with one attached hydrogen (secondary N) is 1.